The highest BCUT2D eigenvalue weighted by Gasteiger charge is 2.41. The molecule has 2 atom stereocenters. The second-order valence-corrected chi connectivity index (χ2v) is 8.63. The lowest BCUT2D eigenvalue weighted by Crippen LogP contribution is -2.46. The van der Waals surface area contributed by atoms with E-state index in [1.165, 1.54) is 0 Å². The Bertz CT molecular complexity index is 947. The summed E-state index contributed by atoms with van der Waals surface area (Å²) in [6.45, 7) is 4.79. The van der Waals surface area contributed by atoms with E-state index >= 15 is 0 Å². The fourth-order valence-electron chi connectivity index (χ4n) is 3.11. The van der Waals surface area contributed by atoms with E-state index in [0.29, 0.717) is 18.0 Å². The Balaban J connectivity index is 1.66. The molecule has 156 valence electrons. The normalized spacial score (nSPS) is 19.0. The minimum absolute atomic E-state index is 0.207. The number of nitrogens with one attached hydrogen (secondary N) is 4. The fraction of sp³-hybridized carbons (Fsp3) is 0.350. The number of anilines is 1. The summed E-state index contributed by atoms with van der Waals surface area (Å²) in [4.78, 5) is 12.7. The SMILES string of the molecule is CCOc1ccccc1CNC(=O)C1CNNC1S(=O)(=O)Nc1ccc(C)cc1. The number of para-hydroxylation sites is 1. The summed E-state index contributed by atoms with van der Waals surface area (Å²) in [5, 5.41) is 1.73. The molecule has 1 aliphatic heterocycles. The van der Waals surface area contributed by atoms with E-state index in [2.05, 4.69) is 20.9 Å². The second kappa shape index (κ2) is 9.25. The molecule has 1 saturated heterocycles. The van der Waals surface area contributed by atoms with E-state index in [1.807, 2.05) is 50.2 Å². The van der Waals surface area contributed by atoms with Crippen LogP contribution in [0.3, 0.4) is 0 Å². The van der Waals surface area contributed by atoms with Crippen LogP contribution >= 0.6 is 0 Å². The first kappa shape index (κ1) is 21.1. The summed E-state index contributed by atoms with van der Waals surface area (Å²) in [7, 11) is -3.83. The zero-order valence-electron chi connectivity index (χ0n) is 16.4. The number of hydrogen-bond donors (Lipinski definition) is 4. The molecule has 0 saturated carbocycles. The van der Waals surface area contributed by atoms with Crippen molar-refractivity contribution < 1.29 is 17.9 Å². The topological polar surface area (TPSA) is 109 Å². The van der Waals surface area contributed by atoms with Crippen molar-refractivity contribution in [3.63, 3.8) is 0 Å². The quantitative estimate of drug-likeness (QED) is 0.517. The van der Waals surface area contributed by atoms with Gasteiger partial charge < -0.3 is 10.1 Å². The number of carbonyl (C=O) groups is 1. The molecule has 29 heavy (non-hydrogen) atoms. The van der Waals surface area contributed by atoms with Crippen molar-refractivity contribution in [1.82, 2.24) is 16.2 Å². The molecule has 2 aromatic rings. The van der Waals surface area contributed by atoms with Crippen molar-refractivity contribution in [3.8, 4) is 5.75 Å². The van der Waals surface area contributed by atoms with Crippen LogP contribution in [0.1, 0.15) is 18.1 Å². The van der Waals surface area contributed by atoms with Gasteiger partial charge in [0.25, 0.3) is 10.0 Å². The maximum absolute atomic E-state index is 12.8. The summed E-state index contributed by atoms with van der Waals surface area (Å²) in [5.41, 5.74) is 7.79. The maximum atomic E-state index is 12.8. The molecule has 1 fully saturated rings. The van der Waals surface area contributed by atoms with Crippen LogP contribution in [0.15, 0.2) is 48.5 Å². The van der Waals surface area contributed by atoms with E-state index in [4.69, 9.17) is 4.74 Å². The summed E-state index contributed by atoms with van der Waals surface area (Å²) in [6.07, 6.45) is 0. The first-order valence-corrected chi connectivity index (χ1v) is 11.0. The molecule has 8 nitrogen and oxygen atoms in total. The Hall–Kier alpha value is -2.62. The van der Waals surface area contributed by atoms with Gasteiger partial charge in [-0.1, -0.05) is 35.9 Å². The third kappa shape index (κ3) is 5.26. The highest BCUT2D eigenvalue weighted by atomic mass is 32.2. The van der Waals surface area contributed by atoms with Gasteiger partial charge in [0.05, 0.1) is 12.5 Å². The van der Waals surface area contributed by atoms with Crippen LogP contribution in [0.25, 0.3) is 0 Å². The molecule has 0 aliphatic carbocycles. The average Bonchev–Trinajstić information content (AvgIpc) is 3.20. The van der Waals surface area contributed by atoms with Gasteiger partial charge in [0, 0.05) is 24.3 Å². The molecule has 9 heteroatoms. The molecule has 0 aromatic heterocycles. The molecule has 3 rings (SSSR count). The maximum Gasteiger partial charge on any atom is 0.250 e. The Morgan fingerprint density at radius 2 is 1.90 bits per heavy atom. The molecule has 1 aliphatic rings. The van der Waals surface area contributed by atoms with Gasteiger partial charge in [0.15, 0.2) is 5.37 Å². The summed E-state index contributed by atoms with van der Waals surface area (Å²) < 4.78 is 33.7. The van der Waals surface area contributed by atoms with E-state index in [1.54, 1.807) is 12.1 Å². The number of rotatable bonds is 8. The number of aryl methyl sites for hydroxylation is 1. The summed E-state index contributed by atoms with van der Waals surface area (Å²) in [5.74, 6) is -0.437. The Labute approximate surface area is 171 Å². The van der Waals surface area contributed by atoms with Gasteiger partial charge >= 0.3 is 0 Å². The lowest BCUT2D eigenvalue weighted by Gasteiger charge is -2.20. The number of ether oxygens (including phenoxy) is 1. The van der Waals surface area contributed by atoms with Gasteiger partial charge in [0.1, 0.15) is 5.75 Å². The van der Waals surface area contributed by atoms with Crippen molar-refractivity contribution in [2.75, 3.05) is 17.9 Å². The monoisotopic (exact) mass is 418 g/mol. The van der Waals surface area contributed by atoms with Crippen LogP contribution < -0.4 is 25.6 Å². The first-order chi connectivity index (χ1) is 13.9. The number of hydrazine groups is 1. The Kier molecular flexibility index (Phi) is 6.73. The molecular formula is C20H26N4O4S. The highest BCUT2D eigenvalue weighted by molar-refractivity contribution is 7.93. The number of carbonyl (C=O) groups excluding carboxylic acids is 1. The molecular weight excluding hydrogens is 392 g/mol. The summed E-state index contributed by atoms with van der Waals surface area (Å²) >= 11 is 0. The molecule has 0 radical (unpaired) electrons. The van der Waals surface area contributed by atoms with Gasteiger partial charge in [0.2, 0.25) is 5.91 Å². The fourth-order valence-corrected chi connectivity index (χ4v) is 4.59. The van der Waals surface area contributed by atoms with E-state index in [0.717, 1.165) is 11.1 Å². The summed E-state index contributed by atoms with van der Waals surface area (Å²) in [6, 6.07) is 14.4. The number of sulfonamides is 1. The van der Waals surface area contributed by atoms with Crippen molar-refractivity contribution in [2.24, 2.45) is 5.92 Å². The van der Waals surface area contributed by atoms with Gasteiger partial charge in [-0.05, 0) is 32.0 Å². The molecule has 0 bridgehead atoms. The van der Waals surface area contributed by atoms with Crippen LogP contribution in [0.5, 0.6) is 5.75 Å². The Morgan fingerprint density at radius 1 is 1.17 bits per heavy atom. The smallest absolute Gasteiger partial charge is 0.250 e. The average molecular weight is 419 g/mol. The predicted octanol–water partition coefficient (Wildman–Crippen LogP) is 1.50. The van der Waals surface area contributed by atoms with Crippen molar-refractivity contribution in [2.45, 2.75) is 25.8 Å². The van der Waals surface area contributed by atoms with Crippen molar-refractivity contribution in [1.29, 1.82) is 0 Å². The molecule has 2 aromatic carbocycles. The first-order valence-electron chi connectivity index (χ1n) is 9.46. The number of benzene rings is 2. The number of hydrogen-bond acceptors (Lipinski definition) is 6. The van der Waals surface area contributed by atoms with Crippen molar-refractivity contribution in [3.05, 3.63) is 59.7 Å². The zero-order chi connectivity index (χ0) is 20.9. The van der Waals surface area contributed by atoms with Crippen LogP contribution in [-0.4, -0.2) is 32.9 Å². The van der Waals surface area contributed by atoms with Crippen LogP contribution in [0.4, 0.5) is 5.69 Å². The molecule has 0 spiro atoms. The van der Waals surface area contributed by atoms with Gasteiger partial charge in [-0.3, -0.25) is 14.9 Å². The van der Waals surface area contributed by atoms with E-state index in [9.17, 15) is 13.2 Å². The zero-order valence-corrected chi connectivity index (χ0v) is 17.3. The minimum atomic E-state index is -3.83. The minimum Gasteiger partial charge on any atom is -0.494 e. The van der Waals surface area contributed by atoms with Gasteiger partial charge in [-0.25, -0.2) is 13.8 Å². The van der Waals surface area contributed by atoms with Crippen LogP contribution in [-0.2, 0) is 21.4 Å². The van der Waals surface area contributed by atoms with Crippen LogP contribution in [0.2, 0.25) is 0 Å². The van der Waals surface area contributed by atoms with Crippen LogP contribution in [0, 0.1) is 12.8 Å². The largest absolute Gasteiger partial charge is 0.494 e. The number of amides is 1. The van der Waals surface area contributed by atoms with E-state index < -0.39 is 21.3 Å². The lowest BCUT2D eigenvalue weighted by molar-refractivity contribution is -0.124. The molecule has 4 N–H and O–H groups in total. The predicted molar refractivity (Wildman–Crippen MR) is 112 cm³/mol. The molecule has 1 amide bonds. The van der Waals surface area contributed by atoms with Crippen molar-refractivity contribution >= 4 is 21.6 Å². The Morgan fingerprint density at radius 3 is 2.62 bits per heavy atom. The standard InChI is InChI=1S/C20H26N4O4S/c1-3-28-18-7-5-4-6-15(18)12-21-19(25)17-13-22-23-20(17)29(26,27)24-16-10-8-14(2)9-11-16/h4-11,17,20,22-24H,3,12-13H2,1-2H3,(H,21,25). The molecule has 2 unspecified atom stereocenters. The van der Waals surface area contributed by atoms with Gasteiger partial charge in [-0.2, -0.15) is 0 Å². The second-order valence-electron chi connectivity index (χ2n) is 6.82. The highest BCUT2D eigenvalue weighted by Crippen LogP contribution is 2.20. The lowest BCUT2D eigenvalue weighted by atomic mass is 10.1. The third-order valence-electron chi connectivity index (χ3n) is 4.64. The van der Waals surface area contributed by atoms with Gasteiger partial charge in [-0.15, -0.1) is 0 Å². The third-order valence-corrected chi connectivity index (χ3v) is 6.28. The molecule has 1 heterocycles. The van der Waals surface area contributed by atoms with E-state index in [-0.39, 0.29) is 19.0 Å².